The van der Waals surface area contributed by atoms with E-state index >= 15 is 0 Å². The number of thiazole rings is 1. The molecule has 0 saturated heterocycles. The lowest BCUT2D eigenvalue weighted by Crippen LogP contribution is -2.06. The fraction of sp³-hybridized carbons (Fsp3) is 0.364. The van der Waals surface area contributed by atoms with Crippen LogP contribution in [0.5, 0.6) is 0 Å². The Labute approximate surface area is 175 Å². The molecule has 0 saturated carbocycles. The minimum Gasteiger partial charge on any atom is -0.481 e. The first-order chi connectivity index (χ1) is 13.9. The van der Waals surface area contributed by atoms with Crippen molar-refractivity contribution in [2.24, 2.45) is 0 Å². The van der Waals surface area contributed by atoms with Crippen molar-refractivity contribution in [3.63, 3.8) is 0 Å². The maximum absolute atomic E-state index is 11.3. The largest absolute Gasteiger partial charge is 0.481 e. The number of aliphatic carboxylic acids is 1. The molecule has 29 heavy (non-hydrogen) atoms. The van der Waals surface area contributed by atoms with Gasteiger partial charge in [0.15, 0.2) is 0 Å². The summed E-state index contributed by atoms with van der Waals surface area (Å²) in [5.41, 5.74) is 4.74. The van der Waals surface area contributed by atoms with Crippen molar-refractivity contribution >= 4 is 28.7 Å². The van der Waals surface area contributed by atoms with Crippen LogP contribution in [-0.4, -0.2) is 26.0 Å². The van der Waals surface area contributed by atoms with Gasteiger partial charge in [-0.2, -0.15) is 0 Å². The van der Waals surface area contributed by atoms with Crippen molar-refractivity contribution < 1.29 is 9.90 Å². The van der Waals surface area contributed by atoms with E-state index in [4.69, 9.17) is 0 Å². The van der Waals surface area contributed by atoms with Crippen LogP contribution >= 0.6 is 11.3 Å². The van der Waals surface area contributed by atoms with Gasteiger partial charge in [-0.1, -0.05) is 26.0 Å². The van der Waals surface area contributed by atoms with E-state index in [0.717, 1.165) is 56.7 Å². The first-order valence-corrected chi connectivity index (χ1v) is 10.6. The average molecular weight is 411 g/mol. The first-order valence-electron chi connectivity index (χ1n) is 9.79. The zero-order valence-electron chi connectivity index (χ0n) is 17.2. The van der Waals surface area contributed by atoms with Gasteiger partial charge >= 0.3 is 5.97 Å². The molecular formula is C22H26N4O2S. The predicted octanol–water partition coefficient (Wildman–Crippen LogP) is 5.49. The van der Waals surface area contributed by atoms with Crippen molar-refractivity contribution in [1.82, 2.24) is 15.0 Å². The zero-order chi connectivity index (χ0) is 21.0. The van der Waals surface area contributed by atoms with Crippen LogP contribution in [0.4, 0.5) is 11.4 Å². The summed E-state index contributed by atoms with van der Waals surface area (Å²) in [6.07, 6.45) is 5.22. The predicted molar refractivity (Wildman–Crippen MR) is 117 cm³/mol. The number of benzene rings is 1. The van der Waals surface area contributed by atoms with E-state index in [1.807, 2.05) is 33.8 Å². The normalized spacial score (nSPS) is 12.0. The minimum absolute atomic E-state index is 0.0369. The van der Waals surface area contributed by atoms with Crippen LogP contribution in [0.1, 0.15) is 54.7 Å². The fourth-order valence-electron chi connectivity index (χ4n) is 3.36. The summed E-state index contributed by atoms with van der Waals surface area (Å²) in [4.78, 5) is 25.7. The Kier molecular flexibility index (Phi) is 6.59. The van der Waals surface area contributed by atoms with Gasteiger partial charge in [0.1, 0.15) is 5.82 Å². The second kappa shape index (κ2) is 9.13. The number of nitrogens with one attached hydrogen (secondary N) is 1. The lowest BCUT2D eigenvalue weighted by atomic mass is 9.91. The highest BCUT2D eigenvalue weighted by Crippen LogP contribution is 2.38. The molecule has 1 atom stereocenters. The van der Waals surface area contributed by atoms with E-state index in [0.29, 0.717) is 0 Å². The molecule has 3 aromatic rings. The number of carboxylic acids is 1. The van der Waals surface area contributed by atoms with E-state index < -0.39 is 5.97 Å². The number of rotatable bonds is 8. The molecule has 0 aliphatic heterocycles. The number of hydrogen-bond acceptors (Lipinski definition) is 6. The number of carbonyl (C=O) groups is 1. The summed E-state index contributed by atoms with van der Waals surface area (Å²) in [5, 5.41) is 13.7. The molecule has 2 heterocycles. The third-order valence-corrected chi connectivity index (χ3v) is 5.98. The maximum atomic E-state index is 11.3. The molecule has 0 aliphatic rings. The standard InChI is InChI=1S/C22H26N4O2S/c1-5-15(10-21(27)28)16-7-8-18(22-13(3)25-14(4)29-22)19(9-16)26-17-11-23-20(6-2)24-12-17/h7-9,11-12,15,26H,5-6,10H2,1-4H3,(H,27,28). The Morgan fingerprint density at radius 2 is 1.93 bits per heavy atom. The van der Waals surface area contributed by atoms with Gasteiger partial charge < -0.3 is 10.4 Å². The average Bonchev–Trinajstić information content (AvgIpc) is 3.04. The SMILES string of the molecule is CCc1ncc(Nc2cc(C(CC)CC(=O)O)ccc2-c2sc(C)nc2C)cn1. The summed E-state index contributed by atoms with van der Waals surface area (Å²) in [7, 11) is 0. The van der Waals surface area contributed by atoms with Crippen molar-refractivity contribution in [2.75, 3.05) is 5.32 Å². The molecule has 1 unspecified atom stereocenters. The number of nitrogens with zero attached hydrogens (tertiary/aromatic N) is 3. The number of hydrogen-bond donors (Lipinski definition) is 2. The lowest BCUT2D eigenvalue weighted by molar-refractivity contribution is -0.137. The smallest absolute Gasteiger partial charge is 0.303 e. The van der Waals surface area contributed by atoms with Crippen LogP contribution in [0, 0.1) is 13.8 Å². The fourth-order valence-corrected chi connectivity index (χ4v) is 4.32. The maximum Gasteiger partial charge on any atom is 0.303 e. The molecule has 3 rings (SSSR count). The number of carboxylic acid groups (broad SMARTS) is 1. The van der Waals surface area contributed by atoms with Crippen LogP contribution in [0.2, 0.25) is 0 Å². The van der Waals surface area contributed by atoms with Crippen LogP contribution < -0.4 is 5.32 Å². The van der Waals surface area contributed by atoms with Gasteiger partial charge in [0.2, 0.25) is 0 Å². The van der Waals surface area contributed by atoms with Crippen molar-refractivity contribution in [1.29, 1.82) is 0 Å². The number of aryl methyl sites for hydroxylation is 3. The van der Waals surface area contributed by atoms with Crippen molar-refractivity contribution in [3.05, 3.63) is 52.7 Å². The van der Waals surface area contributed by atoms with E-state index in [1.54, 1.807) is 23.7 Å². The van der Waals surface area contributed by atoms with Crippen LogP contribution in [-0.2, 0) is 11.2 Å². The highest BCUT2D eigenvalue weighted by atomic mass is 32.1. The minimum atomic E-state index is -0.784. The van der Waals surface area contributed by atoms with Gasteiger partial charge in [-0.05, 0) is 37.8 Å². The molecule has 6 nitrogen and oxygen atoms in total. The molecule has 0 spiro atoms. The number of aromatic nitrogens is 3. The van der Waals surface area contributed by atoms with E-state index in [-0.39, 0.29) is 12.3 Å². The van der Waals surface area contributed by atoms with Crippen molar-refractivity contribution in [2.45, 2.75) is 52.9 Å². The third-order valence-electron chi connectivity index (χ3n) is 4.88. The van der Waals surface area contributed by atoms with Gasteiger partial charge in [-0.3, -0.25) is 4.79 Å². The van der Waals surface area contributed by atoms with Gasteiger partial charge in [0, 0.05) is 17.7 Å². The summed E-state index contributed by atoms with van der Waals surface area (Å²) in [5.74, 6) is -0.0241. The zero-order valence-corrected chi connectivity index (χ0v) is 18.0. The second-order valence-corrected chi connectivity index (χ2v) is 8.23. The number of anilines is 2. The Bertz CT molecular complexity index is 999. The molecule has 152 valence electrons. The molecule has 0 bridgehead atoms. The molecule has 0 radical (unpaired) electrons. The van der Waals surface area contributed by atoms with E-state index in [1.165, 1.54) is 0 Å². The Balaban J connectivity index is 2.05. The molecule has 2 N–H and O–H groups in total. The van der Waals surface area contributed by atoms with Crippen LogP contribution in [0.3, 0.4) is 0 Å². The van der Waals surface area contributed by atoms with Crippen LogP contribution in [0.15, 0.2) is 30.6 Å². The molecule has 2 aromatic heterocycles. The molecule has 1 aromatic carbocycles. The molecule has 0 fully saturated rings. The Hall–Kier alpha value is -2.80. The summed E-state index contributed by atoms with van der Waals surface area (Å²) in [6.45, 7) is 8.05. The summed E-state index contributed by atoms with van der Waals surface area (Å²) < 4.78 is 0. The molecule has 0 aliphatic carbocycles. The third kappa shape index (κ3) is 4.98. The first kappa shape index (κ1) is 20.9. The summed E-state index contributed by atoms with van der Waals surface area (Å²) in [6, 6.07) is 6.14. The second-order valence-electron chi connectivity index (χ2n) is 7.02. The monoisotopic (exact) mass is 410 g/mol. The highest BCUT2D eigenvalue weighted by Gasteiger charge is 2.18. The topological polar surface area (TPSA) is 88.0 Å². The van der Waals surface area contributed by atoms with Gasteiger partial charge in [0.25, 0.3) is 0 Å². The van der Waals surface area contributed by atoms with Crippen molar-refractivity contribution in [3.8, 4) is 10.4 Å². The van der Waals surface area contributed by atoms with Gasteiger partial charge in [0.05, 0.1) is 40.1 Å². The van der Waals surface area contributed by atoms with E-state index in [9.17, 15) is 9.90 Å². The lowest BCUT2D eigenvalue weighted by Gasteiger charge is -2.18. The summed E-state index contributed by atoms with van der Waals surface area (Å²) >= 11 is 1.65. The Morgan fingerprint density at radius 1 is 1.21 bits per heavy atom. The quantitative estimate of drug-likeness (QED) is 0.510. The van der Waals surface area contributed by atoms with E-state index in [2.05, 4.69) is 32.4 Å². The molecular weight excluding hydrogens is 384 g/mol. The molecule has 0 amide bonds. The highest BCUT2D eigenvalue weighted by molar-refractivity contribution is 7.15. The Morgan fingerprint density at radius 3 is 2.48 bits per heavy atom. The van der Waals surface area contributed by atoms with Gasteiger partial charge in [-0.25, -0.2) is 15.0 Å². The van der Waals surface area contributed by atoms with Crippen LogP contribution in [0.25, 0.3) is 10.4 Å². The molecule has 7 heteroatoms. The van der Waals surface area contributed by atoms with Gasteiger partial charge in [-0.15, -0.1) is 11.3 Å².